The molecule has 0 heterocycles. The maximum Gasteiger partial charge on any atom is 0.0431 e. The number of aliphatic hydroxyl groups excluding tert-OH is 2. The molecule has 0 atom stereocenters. The van der Waals surface area contributed by atoms with E-state index >= 15 is 0 Å². The van der Waals surface area contributed by atoms with Gasteiger partial charge in [0, 0.05) is 13.2 Å². The van der Waals surface area contributed by atoms with Crippen molar-refractivity contribution in [1.82, 2.24) is 0 Å². The molecule has 0 saturated carbocycles. The lowest BCUT2D eigenvalue weighted by Crippen LogP contribution is -1.85. The van der Waals surface area contributed by atoms with Crippen LogP contribution in [0.4, 0.5) is 0 Å². The Balaban J connectivity index is 0. The summed E-state index contributed by atoms with van der Waals surface area (Å²) in [4.78, 5) is 0. The lowest BCUT2D eigenvalue weighted by atomic mass is 10.0. The van der Waals surface area contributed by atoms with Gasteiger partial charge in [0.05, 0.1) is 0 Å². The van der Waals surface area contributed by atoms with Gasteiger partial charge in [-0.05, 0) is 12.8 Å². The topological polar surface area (TPSA) is 40.5 Å². The third-order valence-electron chi connectivity index (χ3n) is 9.02. The van der Waals surface area contributed by atoms with E-state index < -0.39 is 0 Å². The first-order valence-corrected chi connectivity index (χ1v) is 20.0. The average Bonchev–Trinajstić information content (AvgIpc) is 3.00. The van der Waals surface area contributed by atoms with Crippen molar-refractivity contribution in [1.29, 1.82) is 0 Å². The van der Waals surface area contributed by atoms with Crippen LogP contribution in [-0.4, -0.2) is 23.4 Å². The van der Waals surface area contributed by atoms with Crippen molar-refractivity contribution >= 4 is 0 Å². The molecule has 0 fully saturated rings. The van der Waals surface area contributed by atoms with E-state index in [0.29, 0.717) is 13.2 Å². The standard InChI is InChI=1S/C22H46O.C18H38O/c1-2-3-4-5-6-7-8-9-10-11-12-13-14-15-16-17-18-19-20-21-22-23;1-2-3-4-5-6-7-8-9-10-11-12-13-14-15-16-17-18-19/h23H,2-22H2,1H3;19H,2-18H2,1H3. The van der Waals surface area contributed by atoms with E-state index in [1.807, 2.05) is 0 Å². The fraction of sp³-hybridized carbons (Fsp3) is 1.00. The van der Waals surface area contributed by atoms with Crippen LogP contribution in [-0.2, 0) is 0 Å². The second-order valence-electron chi connectivity index (χ2n) is 13.5. The highest BCUT2D eigenvalue weighted by atomic mass is 16.3. The van der Waals surface area contributed by atoms with Gasteiger partial charge < -0.3 is 10.2 Å². The quantitative estimate of drug-likeness (QED) is 0.0706. The number of hydrogen-bond acceptors (Lipinski definition) is 2. The summed E-state index contributed by atoms with van der Waals surface area (Å²) >= 11 is 0. The molecule has 0 rings (SSSR count). The summed E-state index contributed by atoms with van der Waals surface area (Å²) in [5, 5.41) is 17.4. The average molecular weight is 597 g/mol. The number of hydrogen-bond donors (Lipinski definition) is 2. The van der Waals surface area contributed by atoms with Crippen LogP contribution in [0.1, 0.15) is 245 Å². The lowest BCUT2D eigenvalue weighted by molar-refractivity contribution is 0.282. The van der Waals surface area contributed by atoms with E-state index in [2.05, 4.69) is 13.8 Å². The highest BCUT2D eigenvalue weighted by molar-refractivity contribution is 4.52. The summed E-state index contributed by atoms with van der Waals surface area (Å²) in [6.07, 6.45) is 50.3. The molecule has 0 unspecified atom stereocenters. The Kier molecular flexibility index (Phi) is 47.6. The minimum absolute atomic E-state index is 0.373. The molecule has 2 nitrogen and oxygen atoms in total. The van der Waals surface area contributed by atoms with E-state index in [0.717, 1.165) is 12.8 Å². The van der Waals surface area contributed by atoms with Crippen molar-refractivity contribution in [3.05, 3.63) is 0 Å². The van der Waals surface area contributed by atoms with Crippen LogP contribution in [0.3, 0.4) is 0 Å². The van der Waals surface area contributed by atoms with E-state index in [1.54, 1.807) is 0 Å². The van der Waals surface area contributed by atoms with Crippen molar-refractivity contribution in [2.45, 2.75) is 245 Å². The maximum atomic E-state index is 8.71. The highest BCUT2D eigenvalue weighted by Crippen LogP contribution is 2.15. The Hall–Kier alpha value is -0.0800. The minimum atomic E-state index is 0.373. The first-order chi connectivity index (χ1) is 20.8. The molecule has 0 spiro atoms. The van der Waals surface area contributed by atoms with E-state index in [1.165, 1.54) is 218 Å². The molecule has 256 valence electrons. The van der Waals surface area contributed by atoms with Crippen LogP contribution in [0.2, 0.25) is 0 Å². The summed E-state index contributed by atoms with van der Waals surface area (Å²) in [6, 6.07) is 0. The monoisotopic (exact) mass is 597 g/mol. The largest absolute Gasteiger partial charge is 0.396 e. The summed E-state index contributed by atoms with van der Waals surface area (Å²) in [5.41, 5.74) is 0. The summed E-state index contributed by atoms with van der Waals surface area (Å²) in [7, 11) is 0. The molecule has 0 amide bonds. The Morgan fingerprint density at radius 3 is 0.429 bits per heavy atom. The molecule has 0 aromatic carbocycles. The Labute approximate surface area is 268 Å². The van der Waals surface area contributed by atoms with E-state index in [4.69, 9.17) is 10.2 Å². The minimum Gasteiger partial charge on any atom is -0.396 e. The fourth-order valence-electron chi connectivity index (χ4n) is 6.03. The van der Waals surface area contributed by atoms with Crippen LogP contribution >= 0.6 is 0 Å². The van der Waals surface area contributed by atoms with Crippen molar-refractivity contribution < 1.29 is 10.2 Å². The first-order valence-electron chi connectivity index (χ1n) is 20.0. The summed E-state index contributed by atoms with van der Waals surface area (Å²) < 4.78 is 0. The zero-order valence-electron chi connectivity index (χ0n) is 29.8. The van der Waals surface area contributed by atoms with Crippen molar-refractivity contribution in [2.24, 2.45) is 0 Å². The fourth-order valence-corrected chi connectivity index (χ4v) is 6.03. The maximum absolute atomic E-state index is 8.71. The van der Waals surface area contributed by atoms with Crippen LogP contribution in [0, 0.1) is 0 Å². The second-order valence-corrected chi connectivity index (χ2v) is 13.5. The van der Waals surface area contributed by atoms with E-state index in [-0.39, 0.29) is 0 Å². The molecule has 0 radical (unpaired) electrons. The third kappa shape index (κ3) is 46.9. The van der Waals surface area contributed by atoms with E-state index in [9.17, 15) is 0 Å². The van der Waals surface area contributed by atoms with Crippen LogP contribution in [0.15, 0.2) is 0 Å². The smallest absolute Gasteiger partial charge is 0.0431 e. The van der Waals surface area contributed by atoms with Crippen LogP contribution in [0.25, 0.3) is 0 Å². The molecule has 0 aliphatic rings. The predicted molar refractivity (Wildman–Crippen MR) is 192 cm³/mol. The molecule has 0 aliphatic heterocycles. The van der Waals surface area contributed by atoms with Gasteiger partial charge in [-0.25, -0.2) is 0 Å². The summed E-state index contributed by atoms with van der Waals surface area (Å²) in [5.74, 6) is 0. The molecule has 2 heteroatoms. The predicted octanol–water partition coefficient (Wildman–Crippen LogP) is 14.0. The molecule has 0 aliphatic carbocycles. The van der Waals surface area contributed by atoms with Crippen LogP contribution in [0.5, 0.6) is 0 Å². The van der Waals surface area contributed by atoms with Gasteiger partial charge in [0.25, 0.3) is 0 Å². The number of rotatable bonds is 36. The van der Waals surface area contributed by atoms with Crippen molar-refractivity contribution in [3.63, 3.8) is 0 Å². The molecule has 0 aromatic rings. The summed E-state index contributed by atoms with van der Waals surface area (Å²) in [6.45, 7) is 5.32. The molecule has 0 saturated heterocycles. The highest BCUT2D eigenvalue weighted by Gasteiger charge is 1.96. The third-order valence-corrected chi connectivity index (χ3v) is 9.02. The Morgan fingerprint density at radius 2 is 0.310 bits per heavy atom. The Bertz CT molecular complexity index is 374. The molecule has 42 heavy (non-hydrogen) atoms. The van der Waals surface area contributed by atoms with Gasteiger partial charge in [-0.3, -0.25) is 0 Å². The second kappa shape index (κ2) is 45.4. The first kappa shape index (κ1) is 44.0. The van der Waals surface area contributed by atoms with Gasteiger partial charge in [-0.2, -0.15) is 0 Å². The SMILES string of the molecule is CCCCCCCCCCCCCCCCCCCCCCO.CCCCCCCCCCCCCCCCCCO. The molecule has 0 bridgehead atoms. The molecule has 0 aromatic heterocycles. The van der Waals surface area contributed by atoms with Gasteiger partial charge in [-0.1, -0.05) is 232 Å². The van der Waals surface area contributed by atoms with Crippen LogP contribution < -0.4 is 0 Å². The number of unbranched alkanes of at least 4 members (excludes halogenated alkanes) is 34. The van der Waals surface area contributed by atoms with Crippen molar-refractivity contribution in [2.75, 3.05) is 13.2 Å². The zero-order valence-corrected chi connectivity index (χ0v) is 29.8. The number of aliphatic hydroxyl groups is 2. The lowest BCUT2D eigenvalue weighted by Gasteiger charge is -2.03. The normalized spacial score (nSPS) is 11.1. The molecular formula is C40H84O2. The van der Waals surface area contributed by atoms with Gasteiger partial charge >= 0.3 is 0 Å². The zero-order chi connectivity index (χ0) is 30.9. The Morgan fingerprint density at radius 1 is 0.190 bits per heavy atom. The van der Waals surface area contributed by atoms with Gasteiger partial charge in [-0.15, -0.1) is 0 Å². The molecule has 2 N–H and O–H groups in total. The molecular weight excluding hydrogens is 512 g/mol. The van der Waals surface area contributed by atoms with Gasteiger partial charge in [0.15, 0.2) is 0 Å². The van der Waals surface area contributed by atoms with Gasteiger partial charge in [0.2, 0.25) is 0 Å². The van der Waals surface area contributed by atoms with Gasteiger partial charge in [0.1, 0.15) is 0 Å². The van der Waals surface area contributed by atoms with Crippen molar-refractivity contribution in [3.8, 4) is 0 Å².